The third-order valence-corrected chi connectivity index (χ3v) is 6.50. The lowest BCUT2D eigenvalue weighted by Gasteiger charge is -2.36. The highest BCUT2D eigenvalue weighted by Gasteiger charge is 2.37. The number of carboxylic acid groups (broad SMARTS) is 1. The zero-order valence-electron chi connectivity index (χ0n) is 15.7. The first-order valence-corrected chi connectivity index (χ1v) is 10.8. The van der Waals surface area contributed by atoms with Crippen molar-refractivity contribution in [2.45, 2.75) is 31.7 Å². The van der Waals surface area contributed by atoms with E-state index in [9.17, 15) is 9.59 Å². The zero-order chi connectivity index (χ0) is 20.4. The van der Waals surface area contributed by atoms with Gasteiger partial charge in [-0.2, -0.15) is 0 Å². The molecular weight excluding hydrogens is 416 g/mol. The number of benzene rings is 1. The second-order valence-electron chi connectivity index (χ2n) is 7.25. The molecule has 154 valence electrons. The highest BCUT2D eigenvalue weighted by molar-refractivity contribution is 7.09. The number of thiazole rings is 1. The molecule has 0 spiro atoms. The van der Waals surface area contributed by atoms with E-state index in [1.807, 2.05) is 0 Å². The topological polar surface area (TPSA) is 89.0 Å². The van der Waals surface area contributed by atoms with Crippen LogP contribution >= 0.6 is 22.9 Å². The monoisotopic (exact) mass is 436 g/mol. The smallest absolute Gasteiger partial charge is 0.410 e. The first kappa shape index (κ1) is 20.0. The quantitative estimate of drug-likeness (QED) is 0.731. The Bertz CT molecular complexity index is 914. The molecule has 1 amide bonds. The first-order chi connectivity index (χ1) is 14.0. The maximum absolute atomic E-state index is 12.9. The molecule has 1 unspecified atom stereocenters. The average Bonchev–Trinajstić information content (AvgIpc) is 3.13. The van der Waals surface area contributed by atoms with E-state index < -0.39 is 18.6 Å². The Morgan fingerprint density at radius 3 is 2.90 bits per heavy atom. The molecule has 1 atom stereocenters. The normalized spacial score (nSPS) is 18.7. The summed E-state index contributed by atoms with van der Waals surface area (Å²) in [5.74, 6) is -0.258. The molecule has 7 nitrogen and oxygen atoms in total. The molecule has 2 heterocycles. The number of aromatic nitrogens is 1. The summed E-state index contributed by atoms with van der Waals surface area (Å²) < 4.78 is 11.1. The summed E-state index contributed by atoms with van der Waals surface area (Å²) >= 11 is 7.69. The molecule has 1 N–H and O–H groups in total. The molecule has 1 aromatic carbocycles. The number of halogens is 1. The number of nitrogens with zero attached hydrogens (tertiary/aromatic N) is 2. The molecule has 0 radical (unpaired) electrons. The minimum atomic E-state index is -1.08. The van der Waals surface area contributed by atoms with Crippen molar-refractivity contribution in [3.8, 4) is 5.75 Å². The van der Waals surface area contributed by atoms with Crippen molar-refractivity contribution in [3.05, 3.63) is 44.9 Å². The van der Waals surface area contributed by atoms with Crippen molar-refractivity contribution in [3.63, 3.8) is 0 Å². The SMILES string of the molecule is O=C(O)COc1ccc(Cl)cc1C1c2scnc2CCN1C(=O)OCC1CCC1. The molecule has 9 heteroatoms. The van der Waals surface area contributed by atoms with Gasteiger partial charge in [0, 0.05) is 23.6 Å². The fourth-order valence-electron chi connectivity index (χ4n) is 3.63. The van der Waals surface area contributed by atoms with E-state index in [1.54, 1.807) is 28.6 Å². The van der Waals surface area contributed by atoms with Crippen LogP contribution in [0.4, 0.5) is 4.79 Å². The number of carbonyl (C=O) groups is 2. The van der Waals surface area contributed by atoms with Gasteiger partial charge in [-0.3, -0.25) is 4.90 Å². The largest absolute Gasteiger partial charge is 0.482 e. The minimum absolute atomic E-state index is 0.375. The van der Waals surface area contributed by atoms with Crippen LogP contribution in [-0.2, 0) is 16.0 Å². The molecular formula is C20H21ClN2O5S. The van der Waals surface area contributed by atoms with Gasteiger partial charge in [-0.1, -0.05) is 18.0 Å². The van der Waals surface area contributed by atoms with Crippen LogP contribution in [0, 0.1) is 5.92 Å². The van der Waals surface area contributed by atoms with Crippen molar-refractivity contribution in [2.24, 2.45) is 5.92 Å². The highest BCUT2D eigenvalue weighted by atomic mass is 35.5. The summed E-state index contributed by atoms with van der Waals surface area (Å²) in [5.41, 5.74) is 3.31. The second-order valence-corrected chi connectivity index (χ2v) is 8.57. The molecule has 1 saturated carbocycles. The molecule has 4 rings (SSSR count). The van der Waals surface area contributed by atoms with Gasteiger partial charge in [0.25, 0.3) is 0 Å². The Hall–Kier alpha value is -2.32. The number of hydrogen-bond acceptors (Lipinski definition) is 6. The van der Waals surface area contributed by atoms with Crippen molar-refractivity contribution < 1.29 is 24.2 Å². The van der Waals surface area contributed by atoms with Crippen molar-refractivity contribution in [1.82, 2.24) is 9.88 Å². The van der Waals surface area contributed by atoms with Crippen LogP contribution in [0.25, 0.3) is 0 Å². The van der Waals surface area contributed by atoms with E-state index in [1.165, 1.54) is 17.8 Å². The lowest BCUT2D eigenvalue weighted by atomic mass is 9.86. The minimum Gasteiger partial charge on any atom is -0.482 e. The number of rotatable bonds is 6. The molecule has 0 saturated heterocycles. The summed E-state index contributed by atoms with van der Waals surface area (Å²) in [6.07, 6.45) is 3.63. The number of hydrogen-bond donors (Lipinski definition) is 1. The van der Waals surface area contributed by atoms with Crippen molar-refractivity contribution >= 4 is 35.0 Å². The summed E-state index contributed by atoms with van der Waals surface area (Å²) in [7, 11) is 0. The van der Waals surface area contributed by atoms with Gasteiger partial charge < -0.3 is 14.6 Å². The van der Waals surface area contributed by atoms with E-state index in [0.29, 0.717) is 41.8 Å². The Kier molecular flexibility index (Phi) is 5.91. The second kappa shape index (κ2) is 8.59. The van der Waals surface area contributed by atoms with Gasteiger partial charge in [-0.25, -0.2) is 14.6 Å². The van der Waals surface area contributed by atoms with Crippen LogP contribution in [0.15, 0.2) is 23.7 Å². The third kappa shape index (κ3) is 4.33. The van der Waals surface area contributed by atoms with Crippen LogP contribution in [0.3, 0.4) is 0 Å². The zero-order valence-corrected chi connectivity index (χ0v) is 17.2. The Balaban J connectivity index is 1.66. The molecule has 0 bridgehead atoms. The van der Waals surface area contributed by atoms with Crippen LogP contribution < -0.4 is 4.74 Å². The number of fused-ring (bicyclic) bond motifs is 1. The number of carbonyl (C=O) groups excluding carboxylic acids is 1. The van der Waals surface area contributed by atoms with E-state index in [4.69, 9.17) is 26.2 Å². The Labute approximate surface area is 177 Å². The lowest BCUT2D eigenvalue weighted by molar-refractivity contribution is -0.139. The predicted octanol–water partition coefficient (Wildman–Crippen LogP) is 4.14. The number of carboxylic acids is 1. The summed E-state index contributed by atoms with van der Waals surface area (Å²) in [6.45, 7) is 0.397. The molecule has 1 fully saturated rings. The van der Waals surface area contributed by atoms with Gasteiger partial charge in [0.15, 0.2) is 6.61 Å². The molecule has 1 aromatic heterocycles. The van der Waals surface area contributed by atoms with E-state index in [-0.39, 0.29) is 6.09 Å². The highest BCUT2D eigenvalue weighted by Crippen LogP contribution is 2.42. The molecule has 2 aliphatic rings. The Morgan fingerprint density at radius 2 is 2.17 bits per heavy atom. The van der Waals surface area contributed by atoms with Gasteiger partial charge >= 0.3 is 12.1 Å². The predicted molar refractivity (Wildman–Crippen MR) is 108 cm³/mol. The summed E-state index contributed by atoms with van der Waals surface area (Å²) in [5, 5.41) is 9.48. The lowest BCUT2D eigenvalue weighted by Crippen LogP contribution is -2.41. The fraction of sp³-hybridized carbons (Fsp3) is 0.450. The first-order valence-electron chi connectivity index (χ1n) is 9.52. The fourth-order valence-corrected chi connectivity index (χ4v) is 4.77. The van der Waals surface area contributed by atoms with Gasteiger partial charge in [-0.15, -0.1) is 11.3 Å². The van der Waals surface area contributed by atoms with E-state index in [0.717, 1.165) is 23.4 Å². The van der Waals surface area contributed by atoms with Gasteiger partial charge in [0.05, 0.1) is 22.7 Å². The van der Waals surface area contributed by atoms with Gasteiger partial charge in [0.2, 0.25) is 0 Å². The summed E-state index contributed by atoms with van der Waals surface area (Å²) in [4.78, 5) is 30.9. The summed E-state index contributed by atoms with van der Waals surface area (Å²) in [6, 6.07) is 4.50. The molecule has 2 aromatic rings. The van der Waals surface area contributed by atoms with Gasteiger partial charge in [0.1, 0.15) is 11.8 Å². The molecule has 1 aliphatic carbocycles. The molecule has 29 heavy (non-hydrogen) atoms. The maximum atomic E-state index is 12.9. The maximum Gasteiger partial charge on any atom is 0.410 e. The van der Waals surface area contributed by atoms with E-state index in [2.05, 4.69) is 4.98 Å². The standard InChI is InChI=1S/C20H21ClN2O5S/c21-13-4-5-16(27-10-17(24)25)14(8-13)18-19-15(22-11-29-19)6-7-23(18)20(26)28-9-12-2-1-3-12/h4-5,8,11-12,18H,1-3,6-7,9-10H2,(H,24,25). The number of amides is 1. The van der Waals surface area contributed by atoms with Crippen molar-refractivity contribution in [1.29, 1.82) is 0 Å². The van der Waals surface area contributed by atoms with Crippen LogP contribution in [-0.4, -0.2) is 46.8 Å². The van der Waals surface area contributed by atoms with E-state index >= 15 is 0 Å². The third-order valence-electron chi connectivity index (χ3n) is 5.34. The van der Waals surface area contributed by atoms with Crippen LogP contribution in [0.1, 0.15) is 41.4 Å². The van der Waals surface area contributed by atoms with Gasteiger partial charge in [-0.05, 0) is 37.0 Å². The van der Waals surface area contributed by atoms with Crippen LogP contribution in [0.2, 0.25) is 5.02 Å². The van der Waals surface area contributed by atoms with Crippen LogP contribution in [0.5, 0.6) is 5.75 Å². The average molecular weight is 437 g/mol. The van der Waals surface area contributed by atoms with Crippen molar-refractivity contribution in [2.75, 3.05) is 19.8 Å². The number of ether oxygens (including phenoxy) is 2. The Morgan fingerprint density at radius 1 is 1.34 bits per heavy atom. The number of aliphatic carboxylic acids is 1. The molecule has 1 aliphatic heterocycles.